The number of nitrogens with zero attached hydrogens (tertiary/aromatic N) is 2. The summed E-state index contributed by atoms with van der Waals surface area (Å²) in [4.78, 5) is 31.8. The molecule has 0 radical (unpaired) electrons. The van der Waals surface area contributed by atoms with E-state index >= 15 is 0 Å². The first-order valence-corrected chi connectivity index (χ1v) is 8.94. The van der Waals surface area contributed by atoms with Crippen LogP contribution in [0.5, 0.6) is 5.75 Å². The fourth-order valence-corrected chi connectivity index (χ4v) is 3.85. The number of benzene rings is 1. The lowest BCUT2D eigenvalue weighted by Crippen LogP contribution is -2.45. The number of aromatic nitrogens is 1. The van der Waals surface area contributed by atoms with Crippen LogP contribution in [0.3, 0.4) is 0 Å². The smallest absolute Gasteiger partial charge is 0.265 e. The zero-order valence-electron chi connectivity index (χ0n) is 14.8. The summed E-state index contributed by atoms with van der Waals surface area (Å²) in [5.41, 5.74) is 2.52. The molecular weight excluding hydrogens is 338 g/mol. The molecule has 0 saturated carbocycles. The normalized spacial score (nSPS) is 14.7. The summed E-state index contributed by atoms with van der Waals surface area (Å²) in [5, 5.41) is 3.91. The molecule has 132 valence electrons. The summed E-state index contributed by atoms with van der Waals surface area (Å²) in [7, 11) is 0. The van der Waals surface area contributed by atoms with Crippen molar-refractivity contribution in [2.24, 2.45) is 0 Å². The summed E-state index contributed by atoms with van der Waals surface area (Å²) in [6, 6.07) is 5.40. The van der Waals surface area contributed by atoms with Gasteiger partial charge in [0.25, 0.3) is 5.91 Å². The molecule has 7 heteroatoms. The highest BCUT2D eigenvalue weighted by Crippen LogP contribution is 2.32. The predicted octanol–water partition coefficient (Wildman–Crippen LogP) is 2.67. The lowest BCUT2D eigenvalue weighted by atomic mass is 10.1. The summed E-state index contributed by atoms with van der Waals surface area (Å²) in [6.07, 6.45) is 0. The third-order valence-corrected chi connectivity index (χ3v) is 4.99. The summed E-state index contributed by atoms with van der Waals surface area (Å²) in [6.45, 7) is 7.69. The highest BCUT2D eigenvalue weighted by Gasteiger charge is 2.28. The number of hydrogen-bond acceptors (Lipinski definition) is 5. The molecule has 0 unspecified atom stereocenters. The first-order valence-electron chi connectivity index (χ1n) is 8.12. The Bertz CT molecular complexity index is 831. The van der Waals surface area contributed by atoms with Gasteiger partial charge in [-0.3, -0.25) is 14.5 Å². The molecule has 1 atom stereocenters. The molecule has 6 nitrogen and oxygen atoms in total. The third kappa shape index (κ3) is 3.66. The zero-order valence-corrected chi connectivity index (χ0v) is 15.6. The molecule has 0 aliphatic carbocycles. The van der Waals surface area contributed by atoms with Gasteiger partial charge in [-0.05, 0) is 45.4 Å². The Kier molecular flexibility index (Phi) is 4.76. The summed E-state index contributed by atoms with van der Waals surface area (Å²) in [5.74, 6) is 0.180. The Morgan fingerprint density at radius 3 is 2.84 bits per heavy atom. The largest absolute Gasteiger partial charge is 0.482 e. The van der Waals surface area contributed by atoms with E-state index < -0.39 is 0 Å². The Labute approximate surface area is 150 Å². The SMILES string of the molecule is Cc1ccc2c(c1)N(CC(=O)N[C@H](C)c1nc(C)sc1C)C(=O)CO2. The van der Waals surface area contributed by atoms with Crippen LogP contribution in [0, 0.1) is 20.8 Å². The van der Waals surface area contributed by atoms with E-state index in [1.165, 1.54) is 4.90 Å². The van der Waals surface area contributed by atoms with E-state index in [-0.39, 0.29) is 31.0 Å². The van der Waals surface area contributed by atoms with E-state index in [2.05, 4.69) is 10.3 Å². The molecule has 1 aliphatic rings. The van der Waals surface area contributed by atoms with Crippen LogP contribution in [-0.2, 0) is 9.59 Å². The average molecular weight is 359 g/mol. The van der Waals surface area contributed by atoms with Crippen molar-refractivity contribution in [3.05, 3.63) is 39.3 Å². The summed E-state index contributed by atoms with van der Waals surface area (Å²) >= 11 is 1.61. The monoisotopic (exact) mass is 359 g/mol. The number of hydrogen-bond donors (Lipinski definition) is 1. The predicted molar refractivity (Wildman–Crippen MR) is 97.2 cm³/mol. The number of aryl methyl sites for hydroxylation is 3. The van der Waals surface area contributed by atoms with Gasteiger partial charge in [0.2, 0.25) is 5.91 Å². The van der Waals surface area contributed by atoms with Crippen LogP contribution >= 0.6 is 11.3 Å². The molecule has 25 heavy (non-hydrogen) atoms. The fraction of sp³-hybridized carbons (Fsp3) is 0.389. The number of amides is 2. The number of thiazole rings is 1. The lowest BCUT2D eigenvalue weighted by molar-refractivity contribution is -0.125. The van der Waals surface area contributed by atoms with Crippen LogP contribution in [0.15, 0.2) is 18.2 Å². The fourth-order valence-electron chi connectivity index (χ4n) is 2.93. The van der Waals surface area contributed by atoms with Crippen molar-refractivity contribution < 1.29 is 14.3 Å². The minimum absolute atomic E-state index is 0.0366. The molecule has 2 amide bonds. The molecular formula is C18H21N3O3S. The Balaban J connectivity index is 1.74. The van der Waals surface area contributed by atoms with Gasteiger partial charge in [0, 0.05) is 4.88 Å². The van der Waals surface area contributed by atoms with Crippen LogP contribution in [0.25, 0.3) is 0 Å². The maximum absolute atomic E-state index is 12.5. The number of carbonyl (C=O) groups excluding carboxylic acids is 2. The van der Waals surface area contributed by atoms with Crippen LogP contribution < -0.4 is 15.0 Å². The first kappa shape index (κ1) is 17.4. The molecule has 2 aromatic rings. The molecule has 0 saturated heterocycles. The van der Waals surface area contributed by atoms with Crippen molar-refractivity contribution in [2.45, 2.75) is 33.7 Å². The quantitative estimate of drug-likeness (QED) is 0.911. The van der Waals surface area contributed by atoms with Gasteiger partial charge in [0.1, 0.15) is 12.3 Å². The van der Waals surface area contributed by atoms with Crippen molar-refractivity contribution in [1.82, 2.24) is 10.3 Å². The third-order valence-electron chi connectivity index (χ3n) is 4.09. The van der Waals surface area contributed by atoms with E-state index in [9.17, 15) is 9.59 Å². The maximum atomic E-state index is 12.5. The van der Waals surface area contributed by atoms with Gasteiger partial charge >= 0.3 is 0 Å². The second-order valence-corrected chi connectivity index (χ2v) is 7.61. The van der Waals surface area contributed by atoms with Crippen LogP contribution in [0.4, 0.5) is 5.69 Å². The second kappa shape index (κ2) is 6.84. The molecule has 1 aliphatic heterocycles. The van der Waals surface area contributed by atoms with Crippen LogP contribution in [0.2, 0.25) is 0 Å². The van der Waals surface area contributed by atoms with Gasteiger partial charge in [-0.1, -0.05) is 6.07 Å². The van der Waals surface area contributed by atoms with E-state index in [1.54, 1.807) is 11.3 Å². The van der Waals surface area contributed by atoms with Crippen molar-refractivity contribution in [3.63, 3.8) is 0 Å². The zero-order chi connectivity index (χ0) is 18.1. The van der Waals surface area contributed by atoms with Gasteiger partial charge in [0.05, 0.1) is 22.4 Å². The van der Waals surface area contributed by atoms with E-state index in [1.807, 2.05) is 45.9 Å². The Hall–Kier alpha value is -2.41. The number of carbonyl (C=O) groups is 2. The first-order chi connectivity index (χ1) is 11.8. The van der Waals surface area contributed by atoms with Crippen LogP contribution in [0.1, 0.15) is 34.1 Å². The Morgan fingerprint density at radius 2 is 2.16 bits per heavy atom. The molecule has 0 bridgehead atoms. The summed E-state index contributed by atoms with van der Waals surface area (Å²) < 4.78 is 5.44. The van der Waals surface area contributed by atoms with E-state index in [4.69, 9.17) is 4.74 Å². The highest BCUT2D eigenvalue weighted by atomic mass is 32.1. The molecule has 0 spiro atoms. The second-order valence-electron chi connectivity index (χ2n) is 6.20. The minimum Gasteiger partial charge on any atom is -0.482 e. The number of fused-ring (bicyclic) bond motifs is 1. The lowest BCUT2D eigenvalue weighted by Gasteiger charge is -2.29. The Morgan fingerprint density at radius 1 is 1.40 bits per heavy atom. The van der Waals surface area contributed by atoms with Crippen molar-refractivity contribution >= 4 is 28.8 Å². The van der Waals surface area contributed by atoms with Gasteiger partial charge in [0.15, 0.2) is 6.61 Å². The minimum atomic E-state index is -0.222. The van der Waals surface area contributed by atoms with Crippen molar-refractivity contribution in [2.75, 3.05) is 18.1 Å². The average Bonchev–Trinajstić information content (AvgIpc) is 2.89. The number of nitrogens with one attached hydrogen (secondary N) is 1. The standard InChI is InChI=1S/C18H21N3O3S/c1-10-5-6-15-14(7-10)21(17(23)9-24-15)8-16(22)19-11(2)18-12(3)25-13(4)20-18/h5-7,11H,8-9H2,1-4H3,(H,19,22)/t11-/m1/s1. The van der Waals surface area contributed by atoms with Gasteiger partial charge < -0.3 is 10.1 Å². The number of anilines is 1. The van der Waals surface area contributed by atoms with Crippen LogP contribution in [-0.4, -0.2) is 29.9 Å². The number of rotatable bonds is 4. The van der Waals surface area contributed by atoms with E-state index in [0.29, 0.717) is 11.4 Å². The van der Waals surface area contributed by atoms with E-state index in [0.717, 1.165) is 21.1 Å². The molecule has 0 fully saturated rings. The topological polar surface area (TPSA) is 71.5 Å². The van der Waals surface area contributed by atoms with Gasteiger partial charge in [-0.25, -0.2) is 4.98 Å². The maximum Gasteiger partial charge on any atom is 0.265 e. The molecule has 2 heterocycles. The van der Waals surface area contributed by atoms with Crippen molar-refractivity contribution in [3.8, 4) is 5.75 Å². The molecule has 1 aromatic heterocycles. The highest BCUT2D eigenvalue weighted by molar-refractivity contribution is 7.11. The number of ether oxygens (including phenoxy) is 1. The molecule has 1 aromatic carbocycles. The molecule has 3 rings (SSSR count). The molecule has 1 N–H and O–H groups in total. The van der Waals surface area contributed by atoms with Gasteiger partial charge in [-0.2, -0.15) is 0 Å². The van der Waals surface area contributed by atoms with Crippen molar-refractivity contribution in [1.29, 1.82) is 0 Å². The van der Waals surface area contributed by atoms with Gasteiger partial charge in [-0.15, -0.1) is 11.3 Å².